The Balaban J connectivity index is 2.63. The second-order valence-electron chi connectivity index (χ2n) is 4.40. The van der Waals surface area contributed by atoms with Crippen LogP contribution in [0.4, 0.5) is 0 Å². The SMILES string of the molecule is CCC(CC)(CN)C(=O)NCc1sccc1C. The van der Waals surface area contributed by atoms with Crippen molar-refractivity contribution in [3.05, 3.63) is 21.9 Å². The summed E-state index contributed by atoms with van der Waals surface area (Å²) in [5, 5.41) is 5.06. The lowest BCUT2D eigenvalue weighted by atomic mass is 9.81. The van der Waals surface area contributed by atoms with Crippen LogP contribution in [0.25, 0.3) is 0 Å². The fourth-order valence-electron chi connectivity index (χ4n) is 1.89. The van der Waals surface area contributed by atoms with Crippen molar-refractivity contribution in [3.8, 4) is 0 Å². The number of nitrogens with two attached hydrogens (primary N) is 1. The van der Waals surface area contributed by atoms with E-state index in [4.69, 9.17) is 5.73 Å². The molecule has 1 heterocycles. The molecule has 0 bridgehead atoms. The molecule has 0 fully saturated rings. The summed E-state index contributed by atoms with van der Waals surface area (Å²) in [6.07, 6.45) is 1.57. The molecule has 0 radical (unpaired) electrons. The average Bonchev–Trinajstić information content (AvgIpc) is 2.75. The van der Waals surface area contributed by atoms with Gasteiger partial charge in [-0.2, -0.15) is 0 Å². The van der Waals surface area contributed by atoms with Crippen LogP contribution >= 0.6 is 11.3 Å². The number of carbonyl (C=O) groups excluding carboxylic acids is 1. The van der Waals surface area contributed by atoms with Crippen LogP contribution in [0, 0.1) is 12.3 Å². The normalized spacial score (nSPS) is 11.5. The van der Waals surface area contributed by atoms with Crippen LogP contribution in [0.2, 0.25) is 0 Å². The summed E-state index contributed by atoms with van der Waals surface area (Å²) < 4.78 is 0. The van der Waals surface area contributed by atoms with E-state index in [1.807, 2.05) is 19.2 Å². The zero-order valence-corrected chi connectivity index (χ0v) is 11.7. The standard InChI is InChI=1S/C13H22N2OS/c1-4-13(5-2,9-14)12(16)15-8-11-10(3)6-7-17-11/h6-7H,4-5,8-9,14H2,1-3H3,(H,15,16). The molecule has 0 spiro atoms. The van der Waals surface area contributed by atoms with Crippen molar-refractivity contribution in [2.24, 2.45) is 11.1 Å². The number of thiophene rings is 1. The maximum atomic E-state index is 12.2. The molecule has 3 nitrogen and oxygen atoms in total. The number of carbonyl (C=O) groups is 1. The average molecular weight is 254 g/mol. The minimum Gasteiger partial charge on any atom is -0.351 e. The van der Waals surface area contributed by atoms with Gasteiger partial charge in [-0.1, -0.05) is 13.8 Å². The number of nitrogens with one attached hydrogen (secondary N) is 1. The van der Waals surface area contributed by atoms with Gasteiger partial charge in [-0.25, -0.2) is 0 Å². The number of rotatable bonds is 6. The fraction of sp³-hybridized carbons (Fsp3) is 0.615. The van der Waals surface area contributed by atoms with Crippen molar-refractivity contribution in [1.82, 2.24) is 5.32 Å². The third kappa shape index (κ3) is 3.07. The van der Waals surface area contributed by atoms with Crippen LogP contribution in [-0.4, -0.2) is 12.5 Å². The van der Waals surface area contributed by atoms with Gasteiger partial charge in [-0.05, 0) is 36.8 Å². The van der Waals surface area contributed by atoms with E-state index in [0.717, 1.165) is 12.8 Å². The summed E-state index contributed by atoms with van der Waals surface area (Å²) in [7, 11) is 0. The number of aryl methyl sites for hydroxylation is 1. The molecule has 0 atom stereocenters. The third-order valence-corrected chi connectivity index (χ3v) is 4.63. The molecule has 1 amide bonds. The van der Waals surface area contributed by atoms with Crippen LogP contribution in [0.15, 0.2) is 11.4 Å². The molecule has 0 saturated carbocycles. The molecule has 4 heteroatoms. The summed E-state index contributed by atoms with van der Waals surface area (Å²) >= 11 is 1.68. The van der Waals surface area contributed by atoms with Gasteiger partial charge >= 0.3 is 0 Å². The van der Waals surface area contributed by atoms with Gasteiger partial charge in [0.2, 0.25) is 5.91 Å². The second-order valence-corrected chi connectivity index (χ2v) is 5.40. The number of hydrogen-bond acceptors (Lipinski definition) is 3. The van der Waals surface area contributed by atoms with E-state index < -0.39 is 5.41 Å². The lowest BCUT2D eigenvalue weighted by molar-refractivity contribution is -0.131. The fourth-order valence-corrected chi connectivity index (χ4v) is 2.73. The topological polar surface area (TPSA) is 55.1 Å². The predicted molar refractivity (Wildman–Crippen MR) is 73.0 cm³/mol. The van der Waals surface area contributed by atoms with Gasteiger partial charge in [0.1, 0.15) is 0 Å². The molecular formula is C13H22N2OS. The summed E-state index contributed by atoms with van der Waals surface area (Å²) in [5.41, 5.74) is 6.59. The second kappa shape index (κ2) is 6.17. The van der Waals surface area contributed by atoms with Crippen LogP contribution in [0.3, 0.4) is 0 Å². The monoisotopic (exact) mass is 254 g/mol. The van der Waals surface area contributed by atoms with E-state index in [1.54, 1.807) is 11.3 Å². The van der Waals surface area contributed by atoms with Gasteiger partial charge in [-0.15, -0.1) is 11.3 Å². The van der Waals surface area contributed by atoms with Crippen molar-refractivity contribution in [2.45, 2.75) is 40.2 Å². The zero-order valence-electron chi connectivity index (χ0n) is 10.9. The first kappa shape index (κ1) is 14.2. The third-order valence-electron chi connectivity index (χ3n) is 3.60. The summed E-state index contributed by atoms with van der Waals surface area (Å²) in [6, 6.07) is 2.07. The molecule has 0 aliphatic heterocycles. The maximum absolute atomic E-state index is 12.2. The Morgan fingerprint density at radius 3 is 2.53 bits per heavy atom. The van der Waals surface area contributed by atoms with Gasteiger partial charge in [0.25, 0.3) is 0 Å². The Bertz CT molecular complexity index is 361. The van der Waals surface area contributed by atoms with Crippen LogP contribution < -0.4 is 11.1 Å². The summed E-state index contributed by atoms with van der Waals surface area (Å²) in [6.45, 7) is 7.13. The zero-order chi connectivity index (χ0) is 12.9. The summed E-state index contributed by atoms with van der Waals surface area (Å²) in [5.74, 6) is 0.0813. The maximum Gasteiger partial charge on any atom is 0.227 e. The Labute approximate surface area is 107 Å². The molecule has 96 valence electrons. The molecule has 0 saturated heterocycles. The molecule has 1 aromatic rings. The molecule has 3 N–H and O–H groups in total. The lowest BCUT2D eigenvalue weighted by Crippen LogP contribution is -2.44. The highest BCUT2D eigenvalue weighted by molar-refractivity contribution is 7.10. The molecule has 0 aromatic carbocycles. The Morgan fingerprint density at radius 1 is 1.47 bits per heavy atom. The van der Waals surface area contributed by atoms with E-state index in [0.29, 0.717) is 13.1 Å². The van der Waals surface area contributed by atoms with Crippen LogP contribution in [0.5, 0.6) is 0 Å². The van der Waals surface area contributed by atoms with Gasteiger partial charge < -0.3 is 11.1 Å². The van der Waals surface area contributed by atoms with Gasteiger partial charge in [0, 0.05) is 11.4 Å². The van der Waals surface area contributed by atoms with E-state index in [9.17, 15) is 4.79 Å². The van der Waals surface area contributed by atoms with Crippen molar-refractivity contribution in [2.75, 3.05) is 6.54 Å². The largest absolute Gasteiger partial charge is 0.351 e. The molecule has 0 aliphatic rings. The Kier molecular flexibility index (Phi) is 5.15. The highest BCUT2D eigenvalue weighted by Gasteiger charge is 2.32. The van der Waals surface area contributed by atoms with Crippen molar-refractivity contribution >= 4 is 17.2 Å². The summed E-state index contributed by atoms with van der Waals surface area (Å²) in [4.78, 5) is 13.4. The van der Waals surface area contributed by atoms with Crippen molar-refractivity contribution in [3.63, 3.8) is 0 Å². The first-order chi connectivity index (χ1) is 8.09. The molecule has 17 heavy (non-hydrogen) atoms. The first-order valence-corrected chi connectivity index (χ1v) is 6.99. The van der Waals surface area contributed by atoms with E-state index >= 15 is 0 Å². The quantitative estimate of drug-likeness (QED) is 0.819. The molecule has 0 unspecified atom stereocenters. The predicted octanol–water partition coefficient (Wildman–Crippen LogP) is 2.44. The minimum absolute atomic E-state index is 0.0813. The van der Waals surface area contributed by atoms with Crippen molar-refractivity contribution < 1.29 is 4.79 Å². The molecular weight excluding hydrogens is 232 g/mol. The molecule has 0 aliphatic carbocycles. The number of amides is 1. The smallest absolute Gasteiger partial charge is 0.227 e. The van der Waals surface area contributed by atoms with E-state index in [1.165, 1.54) is 10.4 Å². The highest BCUT2D eigenvalue weighted by atomic mass is 32.1. The van der Waals surface area contributed by atoms with Crippen LogP contribution in [0.1, 0.15) is 37.1 Å². The number of hydrogen-bond donors (Lipinski definition) is 2. The van der Waals surface area contributed by atoms with E-state index in [-0.39, 0.29) is 5.91 Å². The highest BCUT2D eigenvalue weighted by Crippen LogP contribution is 2.25. The lowest BCUT2D eigenvalue weighted by Gasteiger charge is -2.28. The molecule has 1 rings (SSSR count). The minimum atomic E-state index is -0.398. The van der Waals surface area contributed by atoms with Crippen LogP contribution in [-0.2, 0) is 11.3 Å². The first-order valence-electron chi connectivity index (χ1n) is 6.11. The van der Waals surface area contributed by atoms with Gasteiger partial charge in [0.05, 0.1) is 12.0 Å². The van der Waals surface area contributed by atoms with Crippen molar-refractivity contribution in [1.29, 1.82) is 0 Å². The van der Waals surface area contributed by atoms with E-state index in [2.05, 4.69) is 18.3 Å². The van der Waals surface area contributed by atoms with Gasteiger partial charge in [-0.3, -0.25) is 4.79 Å². The Hall–Kier alpha value is -0.870. The van der Waals surface area contributed by atoms with Gasteiger partial charge in [0.15, 0.2) is 0 Å². The molecule has 1 aromatic heterocycles. The Morgan fingerprint density at radius 2 is 2.12 bits per heavy atom.